The van der Waals surface area contributed by atoms with Crippen molar-refractivity contribution >= 4 is 22.4 Å². The van der Waals surface area contributed by atoms with E-state index in [1.54, 1.807) is 13.0 Å². The number of amides is 1. The number of ether oxygens (including phenoxy) is 1. The molecule has 2 aromatic heterocycles. The molecule has 118 valence electrons. The number of carbonyl (C=O) groups excluding carboxylic acids is 1. The highest BCUT2D eigenvalue weighted by molar-refractivity contribution is 7.15. The standard InChI is InChI=1S/C13H17N5O3S/c1-9-8-10(17-21-9)12(19)14-13-16-15-11(22-13)2-3-18-4-6-20-7-5-18/h8H,2-7H2,1H3,(H,14,16,19). The van der Waals surface area contributed by atoms with Gasteiger partial charge in [0.25, 0.3) is 5.91 Å². The van der Waals surface area contributed by atoms with Crippen LogP contribution in [0.2, 0.25) is 0 Å². The first-order chi connectivity index (χ1) is 10.7. The van der Waals surface area contributed by atoms with E-state index in [0.717, 1.165) is 44.3 Å². The molecule has 0 spiro atoms. The predicted octanol–water partition coefficient (Wildman–Crippen LogP) is 0.962. The minimum absolute atomic E-state index is 0.238. The smallest absolute Gasteiger partial charge is 0.279 e. The molecule has 22 heavy (non-hydrogen) atoms. The van der Waals surface area contributed by atoms with Gasteiger partial charge in [-0.2, -0.15) is 0 Å². The van der Waals surface area contributed by atoms with E-state index in [9.17, 15) is 4.79 Å². The minimum Gasteiger partial charge on any atom is -0.379 e. The van der Waals surface area contributed by atoms with Crippen molar-refractivity contribution in [2.75, 3.05) is 38.2 Å². The van der Waals surface area contributed by atoms with Crippen molar-refractivity contribution < 1.29 is 14.1 Å². The van der Waals surface area contributed by atoms with Crippen LogP contribution >= 0.6 is 11.3 Å². The molecule has 0 bridgehead atoms. The molecule has 8 nitrogen and oxygen atoms in total. The molecule has 1 aliphatic heterocycles. The molecule has 3 heterocycles. The van der Waals surface area contributed by atoms with Crippen molar-refractivity contribution in [2.45, 2.75) is 13.3 Å². The zero-order valence-corrected chi connectivity index (χ0v) is 13.1. The second kappa shape index (κ2) is 6.95. The Hall–Kier alpha value is -1.84. The molecular weight excluding hydrogens is 306 g/mol. The molecule has 1 amide bonds. The summed E-state index contributed by atoms with van der Waals surface area (Å²) in [6.45, 7) is 6.14. The monoisotopic (exact) mass is 323 g/mol. The molecule has 0 saturated carbocycles. The van der Waals surface area contributed by atoms with Gasteiger partial charge in [-0.15, -0.1) is 10.2 Å². The van der Waals surface area contributed by atoms with Crippen molar-refractivity contribution in [1.29, 1.82) is 0 Å². The Labute approximate surface area is 131 Å². The molecular formula is C13H17N5O3S. The average Bonchev–Trinajstić information content (AvgIpc) is 3.15. The Kier molecular flexibility index (Phi) is 4.76. The van der Waals surface area contributed by atoms with Crippen molar-refractivity contribution in [1.82, 2.24) is 20.3 Å². The van der Waals surface area contributed by atoms with Gasteiger partial charge in [-0.25, -0.2) is 0 Å². The highest BCUT2D eigenvalue weighted by Gasteiger charge is 2.15. The van der Waals surface area contributed by atoms with Crippen LogP contribution in [0.25, 0.3) is 0 Å². The fourth-order valence-corrected chi connectivity index (χ4v) is 2.84. The molecule has 0 aromatic carbocycles. The van der Waals surface area contributed by atoms with Gasteiger partial charge in [0, 0.05) is 32.1 Å². The van der Waals surface area contributed by atoms with Gasteiger partial charge in [0.2, 0.25) is 5.13 Å². The Bertz CT molecular complexity index is 635. The van der Waals surface area contributed by atoms with Crippen LogP contribution in [0.15, 0.2) is 10.6 Å². The Morgan fingerprint density at radius 1 is 1.41 bits per heavy atom. The summed E-state index contributed by atoms with van der Waals surface area (Å²) >= 11 is 1.38. The predicted molar refractivity (Wildman–Crippen MR) is 80.1 cm³/mol. The molecule has 1 saturated heterocycles. The number of rotatable bonds is 5. The topological polar surface area (TPSA) is 93.4 Å². The van der Waals surface area contributed by atoms with Crippen molar-refractivity contribution in [3.8, 4) is 0 Å². The van der Waals surface area contributed by atoms with Gasteiger partial charge in [-0.1, -0.05) is 16.5 Å². The third-order valence-corrected chi connectivity index (χ3v) is 4.19. The van der Waals surface area contributed by atoms with Crippen LogP contribution in [-0.2, 0) is 11.2 Å². The highest BCUT2D eigenvalue weighted by atomic mass is 32.1. The average molecular weight is 323 g/mol. The number of nitrogens with one attached hydrogen (secondary N) is 1. The minimum atomic E-state index is -0.340. The molecule has 0 unspecified atom stereocenters. The van der Waals surface area contributed by atoms with Crippen LogP contribution in [0.4, 0.5) is 5.13 Å². The fourth-order valence-electron chi connectivity index (χ4n) is 2.12. The van der Waals surface area contributed by atoms with Gasteiger partial charge >= 0.3 is 0 Å². The van der Waals surface area contributed by atoms with Gasteiger partial charge < -0.3 is 9.26 Å². The van der Waals surface area contributed by atoms with Crippen molar-refractivity contribution in [3.63, 3.8) is 0 Å². The number of aryl methyl sites for hydroxylation is 1. The quantitative estimate of drug-likeness (QED) is 0.876. The lowest BCUT2D eigenvalue weighted by atomic mass is 10.3. The van der Waals surface area contributed by atoms with E-state index >= 15 is 0 Å². The number of hydrogen-bond acceptors (Lipinski definition) is 8. The first-order valence-electron chi connectivity index (χ1n) is 7.08. The molecule has 9 heteroatoms. The molecule has 1 aliphatic rings. The zero-order valence-electron chi connectivity index (χ0n) is 12.2. The number of hydrogen-bond donors (Lipinski definition) is 1. The largest absolute Gasteiger partial charge is 0.379 e. The van der Waals surface area contributed by atoms with Gasteiger partial charge in [-0.3, -0.25) is 15.0 Å². The Balaban J connectivity index is 1.51. The molecule has 0 atom stereocenters. The summed E-state index contributed by atoms with van der Waals surface area (Å²) in [6, 6.07) is 1.58. The normalized spacial score (nSPS) is 15.9. The van der Waals surface area contributed by atoms with E-state index in [0.29, 0.717) is 10.9 Å². The summed E-state index contributed by atoms with van der Waals surface area (Å²) in [4.78, 5) is 14.3. The lowest BCUT2D eigenvalue weighted by Gasteiger charge is -2.25. The van der Waals surface area contributed by atoms with Gasteiger partial charge in [0.05, 0.1) is 13.2 Å². The second-order valence-electron chi connectivity index (χ2n) is 4.98. The van der Waals surface area contributed by atoms with Crippen LogP contribution < -0.4 is 5.32 Å². The molecule has 0 radical (unpaired) electrons. The van der Waals surface area contributed by atoms with E-state index in [4.69, 9.17) is 9.26 Å². The van der Waals surface area contributed by atoms with Crippen LogP contribution in [0.3, 0.4) is 0 Å². The molecule has 1 N–H and O–H groups in total. The lowest BCUT2D eigenvalue weighted by Crippen LogP contribution is -2.37. The maximum absolute atomic E-state index is 11.9. The summed E-state index contributed by atoms with van der Waals surface area (Å²) in [5, 5.41) is 15.8. The van der Waals surface area contributed by atoms with Gasteiger partial charge in [0.1, 0.15) is 10.8 Å². The summed E-state index contributed by atoms with van der Waals surface area (Å²) in [5.41, 5.74) is 0.238. The van der Waals surface area contributed by atoms with Crippen LogP contribution in [-0.4, -0.2) is 59.0 Å². The molecule has 2 aromatic rings. The van der Waals surface area contributed by atoms with Crippen molar-refractivity contribution in [3.05, 3.63) is 22.5 Å². The van der Waals surface area contributed by atoms with Crippen molar-refractivity contribution in [2.24, 2.45) is 0 Å². The number of anilines is 1. The Morgan fingerprint density at radius 2 is 2.23 bits per heavy atom. The Morgan fingerprint density at radius 3 is 2.95 bits per heavy atom. The van der Waals surface area contributed by atoms with Crippen LogP contribution in [0.5, 0.6) is 0 Å². The van der Waals surface area contributed by atoms with E-state index in [1.807, 2.05) is 0 Å². The molecule has 0 aliphatic carbocycles. The maximum Gasteiger partial charge on any atom is 0.279 e. The fraction of sp³-hybridized carbons (Fsp3) is 0.538. The SMILES string of the molecule is Cc1cc(C(=O)Nc2nnc(CCN3CCOCC3)s2)no1. The number of morpholine rings is 1. The summed E-state index contributed by atoms with van der Waals surface area (Å²) < 4.78 is 10.2. The second-order valence-corrected chi connectivity index (χ2v) is 6.04. The van der Waals surface area contributed by atoms with E-state index in [1.165, 1.54) is 11.3 Å². The third-order valence-electron chi connectivity index (χ3n) is 3.29. The van der Waals surface area contributed by atoms with Gasteiger partial charge in [0.15, 0.2) is 5.69 Å². The third kappa shape index (κ3) is 3.87. The molecule has 3 rings (SSSR count). The first kappa shape index (κ1) is 15.1. The summed E-state index contributed by atoms with van der Waals surface area (Å²) in [7, 11) is 0. The van der Waals surface area contributed by atoms with Gasteiger partial charge in [-0.05, 0) is 6.92 Å². The zero-order chi connectivity index (χ0) is 15.4. The lowest BCUT2D eigenvalue weighted by molar-refractivity contribution is 0.0384. The van der Waals surface area contributed by atoms with Crippen LogP contribution in [0, 0.1) is 6.92 Å². The van der Waals surface area contributed by atoms with Crippen LogP contribution in [0.1, 0.15) is 21.3 Å². The summed E-state index contributed by atoms with van der Waals surface area (Å²) in [6.07, 6.45) is 0.816. The summed E-state index contributed by atoms with van der Waals surface area (Å²) in [5.74, 6) is 0.251. The number of nitrogens with zero attached hydrogens (tertiary/aromatic N) is 4. The highest BCUT2D eigenvalue weighted by Crippen LogP contribution is 2.17. The number of carbonyl (C=O) groups is 1. The number of aromatic nitrogens is 3. The maximum atomic E-state index is 11.9. The van der Waals surface area contributed by atoms with E-state index in [2.05, 4.69) is 25.6 Å². The molecule has 1 fully saturated rings. The van der Waals surface area contributed by atoms with E-state index in [-0.39, 0.29) is 11.6 Å². The van der Waals surface area contributed by atoms with E-state index < -0.39 is 0 Å². The first-order valence-corrected chi connectivity index (χ1v) is 7.89.